The van der Waals surface area contributed by atoms with Crippen LogP contribution in [-0.4, -0.2) is 87.0 Å². The summed E-state index contributed by atoms with van der Waals surface area (Å²) in [4.78, 5) is 41.2. The zero-order chi connectivity index (χ0) is 27.9. The van der Waals surface area contributed by atoms with Crippen LogP contribution in [0.25, 0.3) is 22.3 Å². The quantitative estimate of drug-likeness (QED) is 0.352. The van der Waals surface area contributed by atoms with Gasteiger partial charge in [-0.2, -0.15) is 0 Å². The van der Waals surface area contributed by atoms with E-state index in [4.69, 9.17) is 9.72 Å². The Bertz CT molecular complexity index is 1570. The van der Waals surface area contributed by atoms with Gasteiger partial charge in [0.2, 0.25) is 5.91 Å². The molecule has 0 spiro atoms. The van der Waals surface area contributed by atoms with Crippen LogP contribution in [0.15, 0.2) is 42.9 Å². The lowest BCUT2D eigenvalue weighted by Crippen LogP contribution is -2.49. The number of pyridine rings is 1. The highest BCUT2D eigenvalue weighted by Crippen LogP contribution is 2.37. The third-order valence-corrected chi connectivity index (χ3v) is 8.72. The number of aromatic nitrogens is 5. The lowest BCUT2D eigenvalue weighted by atomic mass is 10.1. The maximum Gasteiger partial charge on any atom is 0.225 e. The topological polar surface area (TPSA) is 103 Å². The van der Waals surface area contributed by atoms with Crippen LogP contribution >= 0.6 is 0 Å². The Kier molecular flexibility index (Phi) is 6.78. The summed E-state index contributed by atoms with van der Waals surface area (Å²) in [6.07, 6.45) is 7.43. The van der Waals surface area contributed by atoms with Gasteiger partial charge in [0, 0.05) is 75.1 Å². The van der Waals surface area contributed by atoms with Gasteiger partial charge < -0.3 is 19.5 Å². The minimum Gasteiger partial charge on any atom is -0.491 e. The smallest absolute Gasteiger partial charge is 0.225 e. The van der Waals surface area contributed by atoms with E-state index in [1.807, 2.05) is 18.3 Å². The van der Waals surface area contributed by atoms with E-state index in [9.17, 15) is 4.79 Å². The van der Waals surface area contributed by atoms with Gasteiger partial charge in [0.05, 0.1) is 18.1 Å². The molecule has 1 amide bonds. The van der Waals surface area contributed by atoms with Crippen molar-refractivity contribution in [2.75, 3.05) is 51.3 Å². The Morgan fingerprint density at radius 2 is 1.88 bits per heavy atom. The van der Waals surface area contributed by atoms with Crippen LogP contribution < -0.4 is 9.64 Å². The van der Waals surface area contributed by atoms with Crippen LogP contribution in [0.4, 0.5) is 5.82 Å². The second-order valence-corrected chi connectivity index (χ2v) is 11.4. The van der Waals surface area contributed by atoms with E-state index >= 15 is 0 Å². The fraction of sp³-hybridized carbons (Fsp3) is 0.452. The summed E-state index contributed by atoms with van der Waals surface area (Å²) in [6.45, 7) is 7.66. The van der Waals surface area contributed by atoms with Crippen LogP contribution in [-0.2, 0) is 11.2 Å². The molecule has 2 saturated heterocycles. The number of hydrogen-bond acceptors (Lipinski definition) is 8. The summed E-state index contributed by atoms with van der Waals surface area (Å²) < 4.78 is 5.76. The lowest BCUT2D eigenvalue weighted by Gasteiger charge is -2.38. The summed E-state index contributed by atoms with van der Waals surface area (Å²) >= 11 is 0. The van der Waals surface area contributed by atoms with E-state index in [1.54, 1.807) is 13.4 Å². The van der Waals surface area contributed by atoms with Crippen molar-refractivity contribution in [3.05, 3.63) is 59.9 Å². The molecule has 0 radical (unpaired) electrons. The van der Waals surface area contributed by atoms with E-state index in [0.29, 0.717) is 24.0 Å². The summed E-state index contributed by atoms with van der Waals surface area (Å²) in [7, 11) is 1.68. The minimum atomic E-state index is 0.261. The van der Waals surface area contributed by atoms with E-state index in [0.717, 1.165) is 91.7 Å². The fourth-order valence-corrected chi connectivity index (χ4v) is 5.96. The molecule has 1 N–H and O–H groups in total. The number of nitrogens with one attached hydrogen (secondary N) is 1. The summed E-state index contributed by atoms with van der Waals surface area (Å²) in [5, 5.41) is 0. The van der Waals surface area contributed by atoms with Gasteiger partial charge in [0.15, 0.2) is 11.6 Å². The molecule has 10 heteroatoms. The molecule has 3 aliphatic rings. The van der Waals surface area contributed by atoms with Crippen LogP contribution in [0.1, 0.15) is 49.3 Å². The first-order valence-corrected chi connectivity index (χ1v) is 14.7. The monoisotopic (exact) mass is 552 g/mol. The first-order valence-electron chi connectivity index (χ1n) is 14.7. The summed E-state index contributed by atoms with van der Waals surface area (Å²) in [5.41, 5.74) is 5.82. The standard InChI is InChI=1S/C31H36N8O2/c1-20(37-12-14-39(15-13-37)31(40)21-4-5-21)22-8-9-32-24(16-22)18-27-35-25-7-6-23(17-26(25)36-27)28-29(41-2)30(34-19-33-28)38-10-3-11-38/h6-9,16-17,19-21H,3-5,10-15,18H2,1-2H3,(H,35,36). The second kappa shape index (κ2) is 10.7. The maximum absolute atomic E-state index is 12.4. The Morgan fingerprint density at radius 1 is 1.05 bits per heavy atom. The van der Waals surface area contributed by atoms with Crippen molar-refractivity contribution >= 4 is 22.8 Å². The summed E-state index contributed by atoms with van der Waals surface area (Å²) in [5.74, 6) is 3.08. The first-order chi connectivity index (χ1) is 20.1. The Balaban J connectivity index is 1.06. The number of fused-ring (bicyclic) bond motifs is 1. The number of nitrogens with zero attached hydrogens (tertiary/aromatic N) is 7. The third kappa shape index (κ3) is 5.12. The average Bonchev–Trinajstić information content (AvgIpc) is 3.75. The van der Waals surface area contributed by atoms with E-state index in [1.165, 1.54) is 12.0 Å². The molecule has 1 aromatic carbocycles. The second-order valence-electron chi connectivity index (χ2n) is 11.4. The van der Waals surface area contributed by atoms with Gasteiger partial charge in [-0.1, -0.05) is 6.07 Å². The Labute approximate surface area is 239 Å². The minimum absolute atomic E-state index is 0.261. The van der Waals surface area contributed by atoms with E-state index in [2.05, 4.69) is 59.8 Å². The molecule has 3 fully saturated rings. The van der Waals surface area contributed by atoms with E-state index < -0.39 is 0 Å². The third-order valence-electron chi connectivity index (χ3n) is 8.72. The number of amides is 1. The zero-order valence-corrected chi connectivity index (χ0v) is 23.7. The number of anilines is 1. The number of carbonyl (C=O) groups excluding carboxylic acids is 1. The number of H-pyrrole nitrogens is 1. The molecule has 0 bridgehead atoms. The Morgan fingerprint density at radius 3 is 2.61 bits per heavy atom. The fourth-order valence-electron chi connectivity index (χ4n) is 5.96. The molecule has 212 valence electrons. The number of piperazine rings is 1. The molecule has 10 nitrogen and oxygen atoms in total. The van der Waals surface area contributed by atoms with Crippen molar-refractivity contribution in [3.8, 4) is 17.0 Å². The van der Waals surface area contributed by atoms with Crippen LogP contribution in [0.5, 0.6) is 5.75 Å². The first kappa shape index (κ1) is 25.9. The molecular weight excluding hydrogens is 516 g/mol. The van der Waals surface area contributed by atoms with Gasteiger partial charge in [0.25, 0.3) is 0 Å². The normalized spacial score (nSPS) is 18.4. The van der Waals surface area contributed by atoms with E-state index in [-0.39, 0.29) is 6.04 Å². The number of benzene rings is 1. The van der Waals surface area contributed by atoms with Crippen LogP contribution in [0.2, 0.25) is 0 Å². The lowest BCUT2D eigenvalue weighted by molar-refractivity contribution is -0.134. The van der Waals surface area contributed by atoms with Gasteiger partial charge in [-0.15, -0.1) is 0 Å². The van der Waals surface area contributed by atoms with Gasteiger partial charge in [-0.25, -0.2) is 15.0 Å². The number of imidazole rings is 1. The number of ether oxygens (including phenoxy) is 1. The number of carbonyl (C=O) groups is 1. The molecule has 7 rings (SSSR count). The highest BCUT2D eigenvalue weighted by molar-refractivity contribution is 5.84. The molecular formula is C31H36N8O2. The summed E-state index contributed by atoms with van der Waals surface area (Å²) in [6, 6.07) is 10.7. The highest BCUT2D eigenvalue weighted by Gasteiger charge is 2.35. The van der Waals surface area contributed by atoms with Gasteiger partial charge in [-0.3, -0.25) is 14.7 Å². The van der Waals surface area contributed by atoms with Crippen molar-refractivity contribution in [1.29, 1.82) is 0 Å². The molecule has 1 aliphatic carbocycles. The SMILES string of the molecule is COc1c(-c2ccc3nc(Cc4cc(C(C)N5CCN(C(=O)C6CC6)CC5)ccn4)[nH]c3c2)ncnc1N1CCC1. The molecule has 3 aromatic heterocycles. The zero-order valence-electron chi connectivity index (χ0n) is 23.7. The van der Waals surface area contributed by atoms with Crippen molar-refractivity contribution in [2.24, 2.45) is 5.92 Å². The molecule has 1 atom stereocenters. The molecule has 5 heterocycles. The van der Waals surface area contributed by atoms with Gasteiger partial charge >= 0.3 is 0 Å². The highest BCUT2D eigenvalue weighted by atomic mass is 16.5. The van der Waals surface area contributed by atoms with Crippen LogP contribution in [0.3, 0.4) is 0 Å². The molecule has 1 saturated carbocycles. The van der Waals surface area contributed by atoms with Crippen molar-refractivity contribution in [3.63, 3.8) is 0 Å². The molecule has 2 aliphatic heterocycles. The number of methoxy groups -OCH3 is 1. The predicted octanol–water partition coefficient (Wildman–Crippen LogP) is 3.84. The number of aromatic amines is 1. The molecule has 4 aromatic rings. The predicted molar refractivity (Wildman–Crippen MR) is 157 cm³/mol. The molecule has 1 unspecified atom stereocenters. The maximum atomic E-state index is 12.4. The van der Waals surface area contributed by atoms with Crippen molar-refractivity contribution in [1.82, 2.24) is 34.7 Å². The van der Waals surface area contributed by atoms with Gasteiger partial charge in [-0.05, 0) is 56.0 Å². The Hall–Kier alpha value is -4.05. The van der Waals surface area contributed by atoms with Crippen LogP contribution in [0, 0.1) is 5.92 Å². The number of rotatable bonds is 8. The molecule has 41 heavy (non-hydrogen) atoms. The van der Waals surface area contributed by atoms with Gasteiger partial charge in [0.1, 0.15) is 17.8 Å². The average molecular weight is 553 g/mol. The largest absolute Gasteiger partial charge is 0.491 e. The number of hydrogen-bond donors (Lipinski definition) is 1. The van der Waals surface area contributed by atoms with Crippen molar-refractivity contribution in [2.45, 2.75) is 38.6 Å². The van der Waals surface area contributed by atoms with Crippen molar-refractivity contribution < 1.29 is 9.53 Å².